The van der Waals surface area contributed by atoms with Crippen LogP contribution in [0.2, 0.25) is 0 Å². The summed E-state index contributed by atoms with van der Waals surface area (Å²) in [4.78, 5) is 14.3. The molecular formula is C13H26N2O2. The van der Waals surface area contributed by atoms with Gasteiger partial charge >= 0.3 is 0 Å². The van der Waals surface area contributed by atoms with Gasteiger partial charge < -0.3 is 15.7 Å². The summed E-state index contributed by atoms with van der Waals surface area (Å²) >= 11 is 0. The predicted octanol–water partition coefficient (Wildman–Crippen LogP) is 0.981. The Morgan fingerprint density at radius 1 is 1.47 bits per heavy atom. The molecule has 0 heterocycles. The number of hydrogen-bond donors (Lipinski definition) is 2. The first-order valence-corrected chi connectivity index (χ1v) is 6.73. The van der Waals surface area contributed by atoms with E-state index in [-0.39, 0.29) is 24.5 Å². The number of nitrogens with zero attached hydrogens (tertiary/aromatic N) is 1. The Labute approximate surface area is 104 Å². The second-order valence-corrected chi connectivity index (χ2v) is 5.24. The second-order valence-electron chi connectivity index (χ2n) is 5.24. The minimum atomic E-state index is 0.112. The van der Waals surface area contributed by atoms with E-state index in [1.807, 2.05) is 18.7 Å². The van der Waals surface area contributed by atoms with Crippen molar-refractivity contribution in [3.05, 3.63) is 0 Å². The zero-order valence-corrected chi connectivity index (χ0v) is 11.1. The van der Waals surface area contributed by atoms with Gasteiger partial charge in [0.1, 0.15) is 0 Å². The van der Waals surface area contributed by atoms with Gasteiger partial charge in [0.05, 0.1) is 0 Å². The maximum absolute atomic E-state index is 12.5. The molecule has 100 valence electrons. The standard InChI is InChI=1S/C13H26N2O2/c1-10(2)15(7-4-8-16)13(17)12-6-3-5-11(12)9-14/h10-12,16H,3-9,14H2,1-2H3. The van der Waals surface area contributed by atoms with Crippen LogP contribution in [0.15, 0.2) is 0 Å². The summed E-state index contributed by atoms with van der Waals surface area (Å²) in [6.07, 6.45) is 3.83. The molecule has 0 spiro atoms. The lowest BCUT2D eigenvalue weighted by Crippen LogP contribution is -2.43. The highest BCUT2D eigenvalue weighted by molar-refractivity contribution is 5.79. The molecule has 3 N–H and O–H groups in total. The smallest absolute Gasteiger partial charge is 0.226 e. The minimum absolute atomic E-state index is 0.112. The van der Waals surface area contributed by atoms with Crippen molar-refractivity contribution in [2.24, 2.45) is 17.6 Å². The lowest BCUT2D eigenvalue weighted by molar-refractivity contribution is -0.138. The fourth-order valence-electron chi connectivity index (χ4n) is 2.72. The highest BCUT2D eigenvalue weighted by atomic mass is 16.3. The van der Waals surface area contributed by atoms with E-state index in [4.69, 9.17) is 10.8 Å². The molecule has 1 amide bonds. The molecule has 2 atom stereocenters. The molecule has 2 unspecified atom stereocenters. The van der Waals surface area contributed by atoms with E-state index < -0.39 is 0 Å². The van der Waals surface area contributed by atoms with Crippen molar-refractivity contribution in [1.82, 2.24) is 4.90 Å². The Morgan fingerprint density at radius 3 is 2.71 bits per heavy atom. The molecule has 0 aliphatic heterocycles. The van der Waals surface area contributed by atoms with E-state index in [0.29, 0.717) is 25.4 Å². The molecule has 17 heavy (non-hydrogen) atoms. The van der Waals surface area contributed by atoms with Gasteiger partial charge in [0.15, 0.2) is 0 Å². The van der Waals surface area contributed by atoms with Gasteiger partial charge in [-0.2, -0.15) is 0 Å². The van der Waals surface area contributed by atoms with E-state index >= 15 is 0 Å². The first kappa shape index (κ1) is 14.5. The third-order valence-electron chi connectivity index (χ3n) is 3.74. The number of aliphatic hydroxyl groups is 1. The highest BCUT2D eigenvalue weighted by Crippen LogP contribution is 2.32. The van der Waals surface area contributed by atoms with Crippen molar-refractivity contribution in [1.29, 1.82) is 0 Å². The predicted molar refractivity (Wildman–Crippen MR) is 68.4 cm³/mol. The Morgan fingerprint density at radius 2 is 2.18 bits per heavy atom. The maximum Gasteiger partial charge on any atom is 0.226 e. The topological polar surface area (TPSA) is 66.6 Å². The summed E-state index contributed by atoms with van der Waals surface area (Å²) in [6.45, 7) is 5.47. The third-order valence-corrected chi connectivity index (χ3v) is 3.74. The summed E-state index contributed by atoms with van der Waals surface area (Å²) < 4.78 is 0. The number of rotatable bonds is 6. The molecule has 0 aromatic heterocycles. The van der Waals surface area contributed by atoms with Crippen LogP contribution in [0.4, 0.5) is 0 Å². The van der Waals surface area contributed by atoms with Crippen LogP contribution in [0, 0.1) is 11.8 Å². The maximum atomic E-state index is 12.5. The molecule has 1 fully saturated rings. The van der Waals surface area contributed by atoms with Crippen LogP contribution in [-0.2, 0) is 4.79 Å². The van der Waals surface area contributed by atoms with E-state index in [0.717, 1.165) is 19.3 Å². The van der Waals surface area contributed by atoms with Crippen LogP contribution < -0.4 is 5.73 Å². The number of aliphatic hydroxyl groups excluding tert-OH is 1. The monoisotopic (exact) mass is 242 g/mol. The highest BCUT2D eigenvalue weighted by Gasteiger charge is 2.35. The second kappa shape index (κ2) is 6.97. The molecule has 1 saturated carbocycles. The molecule has 1 aliphatic carbocycles. The SMILES string of the molecule is CC(C)N(CCCO)C(=O)C1CCCC1CN. The van der Waals surface area contributed by atoms with Crippen LogP contribution in [-0.4, -0.2) is 41.7 Å². The average Bonchev–Trinajstić information content (AvgIpc) is 2.76. The zero-order valence-electron chi connectivity index (χ0n) is 11.1. The summed E-state index contributed by atoms with van der Waals surface area (Å²) in [7, 11) is 0. The van der Waals surface area contributed by atoms with Crippen LogP contribution >= 0.6 is 0 Å². The number of hydrogen-bond acceptors (Lipinski definition) is 3. The van der Waals surface area contributed by atoms with Gasteiger partial charge in [-0.3, -0.25) is 4.79 Å². The van der Waals surface area contributed by atoms with Gasteiger partial charge in [-0.1, -0.05) is 6.42 Å². The fraction of sp³-hybridized carbons (Fsp3) is 0.923. The minimum Gasteiger partial charge on any atom is -0.396 e. The van der Waals surface area contributed by atoms with Crippen molar-refractivity contribution in [2.75, 3.05) is 19.7 Å². The first-order chi connectivity index (χ1) is 8.11. The van der Waals surface area contributed by atoms with Gasteiger partial charge in [0, 0.05) is 25.1 Å². The summed E-state index contributed by atoms with van der Waals surface area (Å²) in [6, 6.07) is 0.202. The van der Waals surface area contributed by atoms with Crippen LogP contribution in [0.3, 0.4) is 0 Å². The molecule has 1 aliphatic rings. The Balaban J connectivity index is 2.63. The fourth-order valence-corrected chi connectivity index (χ4v) is 2.72. The molecule has 4 nitrogen and oxygen atoms in total. The lowest BCUT2D eigenvalue weighted by Gasteiger charge is -2.31. The van der Waals surface area contributed by atoms with E-state index in [1.165, 1.54) is 0 Å². The van der Waals surface area contributed by atoms with Crippen LogP contribution in [0.5, 0.6) is 0 Å². The van der Waals surface area contributed by atoms with Gasteiger partial charge in [0.25, 0.3) is 0 Å². The van der Waals surface area contributed by atoms with Crippen molar-refractivity contribution in [3.63, 3.8) is 0 Å². The van der Waals surface area contributed by atoms with E-state index in [2.05, 4.69) is 0 Å². The molecule has 0 aromatic carbocycles. The number of carbonyl (C=O) groups is 1. The van der Waals surface area contributed by atoms with Gasteiger partial charge in [-0.05, 0) is 45.6 Å². The molecule has 1 rings (SSSR count). The molecule has 0 saturated heterocycles. The Bertz CT molecular complexity index is 244. The number of amides is 1. The first-order valence-electron chi connectivity index (χ1n) is 6.73. The van der Waals surface area contributed by atoms with Crippen LogP contribution in [0.1, 0.15) is 39.5 Å². The van der Waals surface area contributed by atoms with Gasteiger partial charge in [-0.15, -0.1) is 0 Å². The number of carbonyl (C=O) groups excluding carboxylic acids is 1. The van der Waals surface area contributed by atoms with Crippen LogP contribution in [0.25, 0.3) is 0 Å². The molecule has 0 aromatic rings. The van der Waals surface area contributed by atoms with Gasteiger partial charge in [-0.25, -0.2) is 0 Å². The lowest BCUT2D eigenvalue weighted by atomic mass is 9.94. The average molecular weight is 242 g/mol. The largest absolute Gasteiger partial charge is 0.396 e. The summed E-state index contributed by atoms with van der Waals surface area (Å²) in [5.74, 6) is 0.709. The van der Waals surface area contributed by atoms with Crippen molar-refractivity contribution < 1.29 is 9.90 Å². The summed E-state index contributed by atoms with van der Waals surface area (Å²) in [5, 5.41) is 8.88. The molecule has 0 bridgehead atoms. The van der Waals surface area contributed by atoms with Crippen molar-refractivity contribution >= 4 is 5.91 Å². The quantitative estimate of drug-likeness (QED) is 0.729. The van der Waals surface area contributed by atoms with Crippen molar-refractivity contribution in [2.45, 2.75) is 45.6 Å². The zero-order chi connectivity index (χ0) is 12.8. The molecular weight excluding hydrogens is 216 g/mol. The third kappa shape index (κ3) is 3.68. The van der Waals surface area contributed by atoms with E-state index in [9.17, 15) is 4.79 Å². The number of nitrogens with two attached hydrogens (primary N) is 1. The molecule has 4 heteroatoms. The van der Waals surface area contributed by atoms with E-state index in [1.54, 1.807) is 0 Å². The summed E-state index contributed by atoms with van der Waals surface area (Å²) in [5.41, 5.74) is 5.73. The normalized spacial score (nSPS) is 24.3. The van der Waals surface area contributed by atoms with Crippen molar-refractivity contribution in [3.8, 4) is 0 Å². The Hall–Kier alpha value is -0.610. The Kier molecular flexibility index (Phi) is 5.92. The molecule has 0 radical (unpaired) electrons. The van der Waals surface area contributed by atoms with Gasteiger partial charge in [0.2, 0.25) is 5.91 Å².